The minimum absolute atomic E-state index is 0.451. The van der Waals surface area contributed by atoms with Crippen molar-refractivity contribution in [2.75, 3.05) is 44.9 Å². The Morgan fingerprint density at radius 1 is 1.44 bits per heavy atom. The number of rotatable bonds is 3. The second-order valence-corrected chi connectivity index (χ2v) is 4.83. The van der Waals surface area contributed by atoms with Crippen LogP contribution < -0.4 is 15.4 Å². The van der Waals surface area contributed by atoms with Crippen molar-refractivity contribution in [3.63, 3.8) is 0 Å². The molecule has 18 heavy (non-hydrogen) atoms. The Morgan fingerprint density at radius 3 is 2.89 bits per heavy atom. The zero-order chi connectivity index (χ0) is 13.1. The van der Waals surface area contributed by atoms with Crippen LogP contribution in [0.4, 0.5) is 11.5 Å². The number of anilines is 2. The zero-order valence-electron chi connectivity index (χ0n) is 11.3. The van der Waals surface area contributed by atoms with E-state index >= 15 is 0 Å². The van der Waals surface area contributed by atoms with E-state index in [4.69, 9.17) is 10.5 Å². The normalized spacial score (nSPS) is 20.2. The molecule has 1 saturated heterocycles. The van der Waals surface area contributed by atoms with Gasteiger partial charge in [-0.3, -0.25) is 0 Å². The Labute approximate surface area is 108 Å². The lowest BCUT2D eigenvalue weighted by molar-refractivity contribution is 0.257. The maximum atomic E-state index is 6.04. The third kappa shape index (κ3) is 2.48. The summed E-state index contributed by atoms with van der Waals surface area (Å²) in [5.41, 5.74) is 6.57. The molecule has 0 amide bonds. The standard InChI is InChI=1S/C12H21N5O/c1-16(2)9-5-4-6-17(7-9)11-10(13)12(18-3)15-8-14-11/h8-9H,4-7,13H2,1-3H3. The number of piperidine rings is 1. The summed E-state index contributed by atoms with van der Waals surface area (Å²) in [5.74, 6) is 1.24. The number of hydrogen-bond donors (Lipinski definition) is 1. The number of hydrogen-bond acceptors (Lipinski definition) is 6. The summed E-state index contributed by atoms with van der Waals surface area (Å²) in [6.45, 7) is 1.92. The highest BCUT2D eigenvalue weighted by Gasteiger charge is 2.24. The Bertz CT molecular complexity index is 409. The highest BCUT2D eigenvalue weighted by molar-refractivity contribution is 5.67. The second kappa shape index (κ2) is 5.39. The van der Waals surface area contributed by atoms with Crippen molar-refractivity contribution in [2.45, 2.75) is 18.9 Å². The van der Waals surface area contributed by atoms with Gasteiger partial charge in [0.1, 0.15) is 12.0 Å². The fourth-order valence-corrected chi connectivity index (χ4v) is 2.35. The Balaban J connectivity index is 2.20. The molecule has 6 heteroatoms. The van der Waals surface area contributed by atoms with Crippen molar-refractivity contribution in [3.05, 3.63) is 6.33 Å². The molecule has 100 valence electrons. The average molecular weight is 251 g/mol. The first-order chi connectivity index (χ1) is 8.63. The molecule has 1 aromatic heterocycles. The summed E-state index contributed by atoms with van der Waals surface area (Å²) >= 11 is 0. The predicted molar refractivity (Wildman–Crippen MR) is 71.9 cm³/mol. The highest BCUT2D eigenvalue weighted by Crippen LogP contribution is 2.29. The maximum Gasteiger partial charge on any atom is 0.242 e. The van der Waals surface area contributed by atoms with Gasteiger partial charge in [-0.25, -0.2) is 4.98 Å². The summed E-state index contributed by atoms with van der Waals surface area (Å²) in [7, 11) is 5.79. The van der Waals surface area contributed by atoms with Gasteiger partial charge in [0, 0.05) is 19.1 Å². The van der Waals surface area contributed by atoms with Crippen molar-refractivity contribution in [3.8, 4) is 5.88 Å². The van der Waals surface area contributed by atoms with Gasteiger partial charge in [0.15, 0.2) is 5.82 Å². The van der Waals surface area contributed by atoms with Gasteiger partial charge in [0.05, 0.1) is 7.11 Å². The van der Waals surface area contributed by atoms with E-state index in [9.17, 15) is 0 Å². The van der Waals surface area contributed by atoms with Gasteiger partial charge in [0.25, 0.3) is 0 Å². The lowest BCUT2D eigenvalue weighted by Crippen LogP contribution is -2.45. The average Bonchev–Trinajstić information content (AvgIpc) is 2.39. The molecule has 0 bridgehead atoms. The van der Waals surface area contributed by atoms with Gasteiger partial charge in [-0.05, 0) is 26.9 Å². The molecule has 1 aliphatic heterocycles. The molecule has 0 aromatic carbocycles. The van der Waals surface area contributed by atoms with E-state index in [1.165, 1.54) is 12.7 Å². The summed E-state index contributed by atoms with van der Waals surface area (Å²) in [5, 5.41) is 0. The fraction of sp³-hybridized carbons (Fsp3) is 0.667. The molecule has 1 fully saturated rings. The fourth-order valence-electron chi connectivity index (χ4n) is 2.35. The van der Waals surface area contributed by atoms with Crippen LogP contribution in [0.3, 0.4) is 0 Å². The van der Waals surface area contributed by atoms with Crippen molar-refractivity contribution in [2.24, 2.45) is 0 Å². The third-order valence-electron chi connectivity index (χ3n) is 3.45. The number of nitrogen functional groups attached to an aromatic ring is 1. The minimum atomic E-state index is 0.451. The Morgan fingerprint density at radius 2 is 2.22 bits per heavy atom. The largest absolute Gasteiger partial charge is 0.479 e. The maximum absolute atomic E-state index is 6.04. The molecule has 1 unspecified atom stereocenters. The van der Waals surface area contributed by atoms with Crippen molar-refractivity contribution in [1.29, 1.82) is 0 Å². The molecule has 1 atom stereocenters. The molecule has 2 rings (SSSR count). The Kier molecular flexibility index (Phi) is 3.86. The van der Waals surface area contributed by atoms with Crippen molar-refractivity contribution >= 4 is 11.5 Å². The van der Waals surface area contributed by atoms with E-state index in [0.717, 1.165) is 25.3 Å². The number of aromatic nitrogens is 2. The van der Waals surface area contributed by atoms with Gasteiger partial charge >= 0.3 is 0 Å². The lowest BCUT2D eigenvalue weighted by Gasteiger charge is -2.37. The molecular formula is C12H21N5O. The third-order valence-corrected chi connectivity index (χ3v) is 3.45. The van der Waals surface area contributed by atoms with Crippen LogP contribution in [-0.2, 0) is 0 Å². The first-order valence-corrected chi connectivity index (χ1v) is 6.19. The molecule has 0 radical (unpaired) electrons. The topological polar surface area (TPSA) is 67.5 Å². The number of ether oxygens (including phenoxy) is 1. The van der Waals surface area contributed by atoms with Crippen LogP contribution in [0.2, 0.25) is 0 Å². The van der Waals surface area contributed by atoms with Crippen LogP contribution in [0, 0.1) is 0 Å². The molecule has 1 aliphatic rings. The van der Waals surface area contributed by atoms with E-state index < -0.39 is 0 Å². The SMILES string of the molecule is COc1ncnc(N2CCCC(N(C)C)C2)c1N. The van der Waals surface area contributed by atoms with Crippen LogP contribution in [0.15, 0.2) is 6.33 Å². The van der Waals surface area contributed by atoms with Crippen LogP contribution in [0.25, 0.3) is 0 Å². The quantitative estimate of drug-likeness (QED) is 0.848. The van der Waals surface area contributed by atoms with Gasteiger partial charge in [-0.15, -0.1) is 0 Å². The van der Waals surface area contributed by atoms with Crippen LogP contribution in [0.5, 0.6) is 5.88 Å². The van der Waals surface area contributed by atoms with Crippen LogP contribution in [0.1, 0.15) is 12.8 Å². The molecule has 6 nitrogen and oxygen atoms in total. The van der Waals surface area contributed by atoms with Gasteiger partial charge in [-0.1, -0.05) is 0 Å². The van der Waals surface area contributed by atoms with E-state index in [-0.39, 0.29) is 0 Å². The summed E-state index contributed by atoms with van der Waals surface area (Å²) in [6.07, 6.45) is 3.87. The van der Waals surface area contributed by atoms with E-state index in [1.54, 1.807) is 7.11 Å². The smallest absolute Gasteiger partial charge is 0.242 e. The summed E-state index contributed by atoms with van der Waals surface area (Å²) < 4.78 is 5.14. The number of nitrogens with two attached hydrogens (primary N) is 1. The summed E-state index contributed by atoms with van der Waals surface area (Å²) in [4.78, 5) is 12.8. The van der Waals surface area contributed by atoms with Crippen molar-refractivity contribution < 1.29 is 4.74 Å². The minimum Gasteiger partial charge on any atom is -0.479 e. The lowest BCUT2D eigenvalue weighted by atomic mass is 10.0. The molecule has 1 aromatic rings. The molecule has 0 aliphatic carbocycles. The van der Waals surface area contributed by atoms with Gasteiger partial charge in [0.2, 0.25) is 5.88 Å². The van der Waals surface area contributed by atoms with Crippen LogP contribution in [-0.4, -0.2) is 55.2 Å². The Hall–Kier alpha value is -1.56. The monoisotopic (exact) mass is 251 g/mol. The molecule has 0 spiro atoms. The highest BCUT2D eigenvalue weighted by atomic mass is 16.5. The van der Waals surface area contributed by atoms with Gasteiger partial charge < -0.3 is 20.3 Å². The van der Waals surface area contributed by atoms with Gasteiger partial charge in [-0.2, -0.15) is 4.98 Å². The van der Waals surface area contributed by atoms with E-state index in [1.807, 2.05) is 0 Å². The molecule has 2 N–H and O–H groups in total. The number of methoxy groups -OCH3 is 1. The number of likely N-dealkylation sites (N-methyl/N-ethyl adjacent to an activating group) is 1. The first kappa shape index (κ1) is 12.9. The van der Waals surface area contributed by atoms with E-state index in [0.29, 0.717) is 17.6 Å². The van der Waals surface area contributed by atoms with Crippen LogP contribution >= 0.6 is 0 Å². The molecular weight excluding hydrogens is 230 g/mol. The molecule has 0 saturated carbocycles. The predicted octanol–water partition coefficient (Wildman–Crippen LogP) is 0.598. The zero-order valence-corrected chi connectivity index (χ0v) is 11.3. The van der Waals surface area contributed by atoms with Crippen molar-refractivity contribution in [1.82, 2.24) is 14.9 Å². The number of nitrogens with zero attached hydrogens (tertiary/aromatic N) is 4. The first-order valence-electron chi connectivity index (χ1n) is 6.19. The summed E-state index contributed by atoms with van der Waals surface area (Å²) in [6, 6.07) is 0.541. The van der Waals surface area contributed by atoms with E-state index in [2.05, 4.69) is 33.9 Å². The molecule has 2 heterocycles. The second-order valence-electron chi connectivity index (χ2n) is 4.83.